The molecule has 9 heteroatoms. The fourth-order valence-electron chi connectivity index (χ4n) is 3.26. The highest BCUT2D eigenvalue weighted by Gasteiger charge is 2.11. The Morgan fingerprint density at radius 1 is 1.09 bits per heavy atom. The summed E-state index contributed by atoms with van der Waals surface area (Å²) in [5.41, 5.74) is 3.65. The van der Waals surface area contributed by atoms with Gasteiger partial charge in [-0.05, 0) is 49.7 Å². The van der Waals surface area contributed by atoms with Gasteiger partial charge in [0.25, 0.3) is 5.91 Å². The number of anilines is 2. The number of carbonyl (C=O) groups is 2. The van der Waals surface area contributed by atoms with Gasteiger partial charge in [0.1, 0.15) is 5.75 Å². The number of amides is 2. The average molecular weight is 463 g/mol. The lowest BCUT2D eigenvalue weighted by Crippen LogP contribution is -2.36. The molecule has 3 aromatic rings. The van der Waals surface area contributed by atoms with Gasteiger partial charge in [0, 0.05) is 48.2 Å². The molecule has 0 aliphatic carbocycles. The minimum absolute atomic E-state index is 0.174. The molecule has 1 heterocycles. The van der Waals surface area contributed by atoms with Gasteiger partial charge in [-0.15, -0.1) is 0 Å². The predicted octanol–water partition coefficient (Wildman–Crippen LogP) is 3.97. The van der Waals surface area contributed by atoms with Crippen LogP contribution in [0.2, 0.25) is 0 Å². The van der Waals surface area contributed by atoms with E-state index in [0.29, 0.717) is 29.5 Å². The van der Waals surface area contributed by atoms with Gasteiger partial charge in [-0.3, -0.25) is 19.6 Å². The third kappa shape index (κ3) is 6.93. The minimum atomic E-state index is -0.332. The van der Waals surface area contributed by atoms with E-state index in [-0.39, 0.29) is 11.8 Å². The highest BCUT2D eigenvalue weighted by Crippen LogP contribution is 2.17. The highest BCUT2D eigenvalue weighted by molar-refractivity contribution is 6.10. The molecule has 0 saturated heterocycles. The zero-order valence-corrected chi connectivity index (χ0v) is 19.9. The van der Waals surface area contributed by atoms with Crippen LogP contribution >= 0.6 is 0 Å². The van der Waals surface area contributed by atoms with E-state index in [4.69, 9.17) is 4.74 Å². The van der Waals surface area contributed by atoms with Gasteiger partial charge in [0.05, 0.1) is 19.3 Å². The van der Waals surface area contributed by atoms with Crippen LogP contribution in [0.15, 0.2) is 59.7 Å². The molecule has 1 aromatic heterocycles. The van der Waals surface area contributed by atoms with Crippen LogP contribution in [0.25, 0.3) is 0 Å². The van der Waals surface area contributed by atoms with E-state index in [1.807, 2.05) is 42.1 Å². The number of hydrogen-bond donors (Lipinski definition) is 3. The average Bonchev–Trinajstić information content (AvgIpc) is 3.16. The second kappa shape index (κ2) is 11.6. The lowest BCUT2D eigenvalue weighted by atomic mass is 10.2. The van der Waals surface area contributed by atoms with Crippen molar-refractivity contribution in [2.75, 3.05) is 17.7 Å². The SMILES string of the molecule is CCCn1cc(CN=C(NC(=O)c2ccc(NC(C)=O)cc2)Nc2cccc(OC)c2)c(C)n1. The van der Waals surface area contributed by atoms with E-state index in [9.17, 15) is 9.59 Å². The Bertz CT molecular complexity index is 1170. The van der Waals surface area contributed by atoms with Crippen molar-refractivity contribution in [3.63, 3.8) is 0 Å². The maximum atomic E-state index is 12.9. The van der Waals surface area contributed by atoms with Crippen molar-refractivity contribution >= 4 is 29.1 Å². The molecular weight excluding hydrogens is 432 g/mol. The Labute approximate surface area is 199 Å². The Hall–Kier alpha value is -4.14. The molecule has 0 saturated carbocycles. The van der Waals surface area contributed by atoms with Gasteiger partial charge in [-0.25, -0.2) is 4.99 Å². The van der Waals surface area contributed by atoms with Gasteiger partial charge < -0.3 is 15.4 Å². The first-order valence-corrected chi connectivity index (χ1v) is 11.1. The van der Waals surface area contributed by atoms with Crippen molar-refractivity contribution < 1.29 is 14.3 Å². The number of nitrogens with one attached hydrogen (secondary N) is 3. The number of guanidine groups is 1. The molecule has 2 amide bonds. The Morgan fingerprint density at radius 2 is 1.85 bits per heavy atom. The fourth-order valence-corrected chi connectivity index (χ4v) is 3.26. The first-order chi connectivity index (χ1) is 16.4. The number of benzene rings is 2. The molecule has 0 fully saturated rings. The maximum absolute atomic E-state index is 12.9. The molecule has 0 spiro atoms. The number of carbonyl (C=O) groups excluding carboxylic acids is 2. The Morgan fingerprint density at radius 3 is 2.53 bits per heavy atom. The largest absolute Gasteiger partial charge is 0.497 e. The van der Waals surface area contributed by atoms with Gasteiger partial charge in [0.2, 0.25) is 11.9 Å². The van der Waals surface area contributed by atoms with E-state index >= 15 is 0 Å². The van der Waals surface area contributed by atoms with Crippen LogP contribution in [-0.4, -0.2) is 34.7 Å². The van der Waals surface area contributed by atoms with Crippen molar-refractivity contribution in [1.82, 2.24) is 15.1 Å². The summed E-state index contributed by atoms with van der Waals surface area (Å²) in [6.45, 7) is 6.67. The fraction of sp³-hybridized carbons (Fsp3) is 0.280. The van der Waals surface area contributed by atoms with Crippen LogP contribution in [0, 0.1) is 6.92 Å². The van der Waals surface area contributed by atoms with Gasteiger partial charge in [-0.2, -0.15) is 5.10 Å². The molecule has 0 aliphatic heterocycles. The molecule has 0 aliphatic rings. The molecule has 178 valence electrons. The first kappa shape index (κ1) is 24.5. The van der Waals surface area contributed by atoms with Crippen molar-refractivity contribution in [3.8, 4) is 5.75 Å². The molecule has 0 atom stereocenters. The number of aryl methyl sites for hydroxylation is 2. The van der Waals surface area contributed by atoms with Crippen LogP contribution in [0.1, 0.15) is 41.9 Å². The van der Waals surface area contributed by atoms with Crippen LogP contribution in [0.3, 0.4) is 0 Å². The monoisotopic (exact) mass is 462 g/mol. The van der Waals surface area contributed by atoms with Crippen molar-refractivity contribution in [3.05, 3.63) is 71.5 Å². The van der Waals surface area contributed by atoms with E-state index < -0.39 is 0 Å². The summed E-state index contributed by atoms with van der Waals surface area (Å²) in [4.78, 5) is 28.8. The van der Waals surface area contributed by atoms with E-state index in [0.717, 1.165) is 29.9 Å². The summed E-state index contributed by atoms with van der Waals surface area (Å²) in [7, 11) is 1.59. The lowest BCUT2D eigenvalue weighted by Gasteiger charge is -2.13. The standard InChI is InChI=1S/C25H30N6O3/c1-5-13-31-16-20(17(2)30-31)15-26-25(28-22-7-6-8-23(14-22)34-4)29-24(33)19-9-11-21(12-10-19)27-18(3)32/h6-12,14,16H,5,13,15H2,1-4H3,(H,27,32)(H2,26,28,29,33). The smallest absolute Gasteiger partial charge is 0.257 e. The van der Waals surface area contributed by atoms with E-state index in [2.05, 4.69) is 33.0 Å². The van der Waals surface area contributed by atoms with Gasteiger partial charge in [-0.1, -0.05) is 13.0 Å². The molecule has 3 N–H and O–H groups in total. The summed E-state index contributed by atoms with van der Waals surface area (Å²) in [5.74, 6) is 0.473. The topological polar surface area (TPSA) is 110 Å². The van der Waals surface area contributed by atoms with Crippen molar-refractivity contribution in [1.29, 1.82) is 0 Å². The second-order valence-electron chi connectivity index (χ2n) is 7.74. The number of nitrogens with zero attached hydrogens (tertiary/aromatic N) is 3. The van der Waals surface area contributed by atoms with Crippen LogP contribution in [0.5, 0.6) is 5.75 Å². The zero-order valence-electron chi connectivity index (χ0n) is 19.9. The molecule has 9 nitrogen and oxygen atoms in total. The number of methoxy groups -OCH3 is 1. The summed E-state index contributed by atoms with van der Waals surface area (Å²) in [6.07, 6.45) is 2.97. The molecular formula is C25H30N6O3. The summed E-state index contributed by atoms with van der Waals surface area (Å²) >= 11 is 0. The second-order valence-corrected chi connectivity index (χ2v) is 7.74. The Balaban J connectivity index is 1.81. The van der Waals surface area contributed by atoms with Crippen LogP contribution < -0.4 is 20.7 Å². The third-order valence-electron chi connectivity index (χ3n) is 4.94. The summed E-state index contributed by atoms with van der Waals surface area (Å²) < 4.78 is 7.20. The quantitative estimate of drug-likeness (QED) is 0.347. The molecule has 0 unspecified atom stereocenters. The lowest BCUT2D eigenvalue weighted by molar-refractivity contribution is -0.114. The number of aromatic nitrogens is 2. The molecule has 0 bridgehead atoms. The minimum Gasteiger partial charge on any atom is -0.497 e. The zero-order chi connectivity index (χ0) is 24.5. The molecule has 2 aromatic carbocycles. The Kier molecular flexibility index (Phi) is 8.39. The molecule has 34 heavy (non-hydrogen) atoms. The number of aliphatic imine (C=N–C) groups is 1. The number of hydrogen-bond acceptors (Lipinski definition) is 5. The summed E-state index contributed by atoms with van der Waals surface area (Å²) in [6, 6.07) is 14.0. The van der Waals surface area contributed by atoms with Crippen molar-refractivity contribution in [2.24, 2.45) is 4.99 Å². The first-order valence-electron chi connectivity index (χ1n) is 11.1. The van der Waals surface area contributed by atoms with Gasteiger partial charge >= 0.3 is 0 Å². The van der Waals surface area contributed by atoms with Crippen LogP contribution in [-0.2, 0) is 17.9 Å². The highest BCUT2D eigenvalue weighted by atomic mass is 16.5. The van der Waals surface area contributed by atoms with Crippen LogP contribution in [0.4, 0.5) is 11.4 Å². The molecule has 3 rings (SSSR count). The van der Waals surface area contributed by atoms with Gasteiger partial charge in [0.15, 0.2) is 0 Å². The normalized spacial score (nSPS) is 11.1. The maximum Gasteiger partial charge on any atom is 0.257 e. The van der Waals surface area contributed by atoms with Crippen molar-refractivity contribution in [2.45, 2.75) is 40.3 Å². The van der Waals surface area contributed by atoms with E-state index in [1.54, 1.807) is 31.4 Å². The number of rotatable bonds is 8. The third-order valence-corrected chi connectivity index (χ3v) is 4.94. The number of ether oxygens (including phenoxy) is 1. The molecule has 0 radical (unpaired) electrons. The van der Waals surface area contributed by atoms with E-state index in [1.165, 1.54) is 6.92 Å². The summed E-state index contributed by atoms with van der Waals surface area (Å²) in [5, 5.41) is 13.2. The predicted molar refractivity (Wildman–Crippen MR) is 133 cm³/mol.